The minimum Gasteiger partial charge on any atom is -0.311 e. The van der Waals surface area contributed by atoms with Crippen molar-refractivity contribution in [1.82, 2.24) is 15.3 Å². The van der Waals surface area contributed by atoms with Crippen molar-refractivity contribution in [2.24, 2.45) is 5.41 Å². The molecule has 3 heteroatoms. The number of hydrogen-bond acceptors (Lipinski definition) is 3. The van der Waals surface area contributed by atoms with Crippen LogP contribution in [0.25, 0.3) is 0 Å². The zero-order valence-corrected chi connectivity index (χ0v) is 9.37. The number of aromatic nitrogens is 2. The second-order valence-electron chi connectivity index (χ2n) is 4.51. The predicted octanol–water partition coefficient (Wildman–Crippen LogP) is 2.15. The van der Waals surface area contributed by atoms with Gasteiger partial charge in [-0.3, -0.25) is 9.97 Å². The molecule has 0 aliphatic heterocycles. The van der Waals surface area contributed by atoms with Gasteiger partial charge in [0.25, 0.3) is 0 Å². The van der Waals surface area contributed by atoms with Gasteiger partial charge in [0.1, 0.15) is 0 Å². The Kier molecular flexibility index (Phi) is 3.31. The molecule has 1 aromatic rings. The predicted molar refractivity (Wildman–Crippen MR) is 60.3 cm³/mol. The second kappa shape index (κ2) is 4.71. The van der Waals surface area contributed by atoms with Gasteiger partial charge in [0.2, 0.25) is 0 Å². The van der Waals surface area contributed by atoms with Gasteiger partial charge in [0.05, 0.1) is 5.69 Å². The third kappa shape index (κ3) is 2.53. The molecule has 0 atom stereocenters. The molecule has 0 unspecified atom stereocenters. The minimum absolute atomic E-state index is 0.586. The molecule has 0 saturated heterocycles. The lowest BCUT2D eigenvalue weighted by molar-refractivity contribution is 0.123. The molecule has 0 radical (unpaired) electrons. The quantitative estimate of drug-likeness (QED) is 0.800. The maximum Gasteiger partial charge on any atom is 0.0724 e. The first kappa shape index (κ1) is 10.6. The van der Waals surface area contributed by atoms with Gasteiger partial charge in [0, 0.05) is 31.7 Å². The second-order valence-corrected chi connectivity index (χ2v) is 4.51. The van der Waals surface area contributed by atoms with Crippen molar-refractivity contribution in [1.29, 1.82) is 0 Å². The van der Waals surface area contributed by atoms with Crippen molar-refractivity contribution >= 4 is 0 Å². The van der Waals surface area contributed by atoms with Crippen LogP contribution in [0.3, 0.4) is 0 Å². The van der Waals surface area contributed by atoms with E-state index < -0.39 is 0 Å². The van der Waals surface area contributed by atoms with Gasteiger partial charge in [-0.1, -0.05) is 13.3 Å². The summed E-state index contributed by atoms with van der Waals surface area (Å²) >= 11 is 0. The van der Waals surface area contributed by atoms with E-state index in [4.69, 9.17) is 0 Å². The molecule has 1 aliphatic rings. The van der Waals surface area contributed by atoms with Crippen LogP contribution in [0.4, 0.5) is 0 Å². The third-order valence-electron chi connectivity index (χ3n) is 3.59. The fourth-order valence-electron chi connectivity index (χ4n) is 2.21. The van der Waals surface area contributed by atoms with Crippen LogP contribution < -0.4 is 5.32 Å². The monoisotopic (exact) mass is 205 g/mol. The van der Waals surface area contributed by atoms with Gasteiger partial charge >= 0.3 is 0 Å². The highest BCUT2D eigenvalue weighted by molar-refractivity contribution is 4.95. The summed E-state index contributed by atoms with van der Waals surface area (Å²) in [6.45, 7) is 4.26. The van der Waals surface area contributed by atoms with E-state index in [9.17, 15) is 0 Å². The maximum atomic E-state index is 4.24. The first-order valence-electron chi connectivity index (χ1n) is 5.80. The topological polar surface area (TPSA) is 37.8 Å². The van der Waals surface area contributed by atoms with Gasteiger partial charge in [-0.05, 0) is 24.7 Å². The Labute approximate surface area is 91.3 Å². The van der Waals surface area contributed by atoms with Crippen LogP contribution in [0.15, 0.2) is 18.6 Å². The van der Waals surface area contributed by atoms with Crippen molar-refractivity contribution in [3.63, 3.8) is 0 Å². The molecule has 1 fully saturated rings. The highest BCUT2D eigenvalue weighted by atomic mass is 14.9. The number of nitrogens with one attached hydrogen (secondary N) is 1. The number of rotatable bonds is 5. The zero-order chi connectivity index (χ0) is 10.6. The molecule has 82 valence electrons. The van der Waals surface area contributed by atoms with Gasteiger partial charge in [-0.15, -0.1) is 0 Å². The van der Waals surface area contributed by atoms with E-state index >= 15 is 0 Å². The van der Waals surface area contributed by atoms with Crippen molar-refractivity contribution in [2.75, 3.05) is 6.54 Å². The molecule has 1 N–H and O–H groups in total. The van der Waals surface area contributed by atoms with E-state index in [1.165, 1.54) is 25.7 Å². The summed E-state index contributed by atoms with van der Waals surface area (Å²) < 4.78 is 0. The summed E-state index contributed by atoms with van der Waals surface area (Å²) in [5, 5.41) is 3.49. The summed E-state index contributed by atoms with van der Waals surface area (Å²) in [6.07, 6.45) is 10.8. The first-order valence-corrected chi connectivity index (χ1v) is 5.80. The zero-order valence-electron chi connectivity index (χ0n) is 9.37. The molecule has 2 rings (SSSR count). The Morgan fingerprint density at radius 3 is 2.80 bits per heavy atom. The molecular weight excluding hydrogens is 186 g/mol. The molecule has 15 heavy (non-hydrogen) atoms. The van der Waals surface area contributed by atoms with E-state index in [-0.39, 0.29) is 0 Å². The summed E-state index contributed by atoms with van der Waals surface area (Å²) in [6, 6.07) is 0. The lowest BCUT2D eigenvalue weighted by Crippen LogP contribution is -2.39. The Hall–Kier alpha value is -0.960. The van der Waals surface area contributed by atoms with Crippen LogP contribution >= 0.6 is 0 Å². The SMILES string of the molecule is CCC1(CNCc2cnccn2)CCC1. The normalized spacial score (nSPS) is 18.5. The van der Waals surface area contributed by atoms with Gasteiger partial charge in [-0.25, -0.2) is 0 Å². The fraction of sp³-hybridized carbons (Fsp3) is 0.667. The third-order valence-corrected chi connectivity index (χ3v) is 3.59. The molecule has 1 heterocycles. The highest BCUT2D eigenvalue weighted by Crippen LogP contribution is 2.42. The van der Waals surface area contributed by atoms with Gasteiger partial charge in [0.15, 0.2) is 0 Å². The van der Waals surface area contributed by atoms with Crippen LogP contribution in [0.5, 0.6) is 0 Å². The Morgan fingerprint density at radius 2 is 2.27 bits per heavy atom. The number of hydrogen-bond donors (Lipinski definition) is 1. The average molecular weight is 205 g/mol. The van der Waals surface area contributed by atoms with E-state index in [1.807, 2.05) is 6.20 Å². The van der Waals surface area contributed by atoms with Crippen molar-refractivity contribution in [3.8, 4) is 0 Å². The van der Waals surface area contributed by atoms with Gasteiger partial charge < -0.3 is 5.32 Å². The molecule has 0 spiro atoms. The highest BCUT2D eigenvalue weighted by Gasteiger charge is 2.34. The van der Waals surface area contributed by atoms with Crippen LogP contribution in [-0.2, 0) is 6.54 Å². The van der Waals surface area contributed by atoms with Crippen LogP contribution in [-0.4, -0.2) is 16.5 Å². The Morgan fingerprint density at radius 1 is 1.40 bits per heavy atom. The molecule has 1 saturated carbocycles. The van der Waals surface area contributed by atoms with Crippen LogP contribution in [0.2, 0.25) is 0 Å². The fourth-order valence-corrected chi connectivity index (χ4v) is 2.21. The summed E-state index contributed by atoms with van der Waals surface area (Å²) in [5.41, 5.74) is 1.62. The van der Waals surface area contributed by atoms with Crippen LogP contribution in [0.1, 0.15) is 38.3 Å². The summed E-state index contributed by atoms with van der Waals surface area (Å²) in [5.74, 6) is 0. The molecule has 1 aliphatic carbocycles. The average Bonchev–Trinajstić information content (AvgIpc) is 2.24. The van der Waals surface area contributed by atoms with Crippen LogP contribution in [0, 0.1) is 5.41 Å². The molecule has 0 bridgehead atoms. The smallest absolute Gasteiger partial charge is 0.0724 e. The Bertz CT molecular complexity index is 287. The van der Waals surface area contributed by atoms with Crippen molar-refractivity contribution in [3.05, 3.63) is 24.3 Å². The van der Waals surface area contributed by atoms with E-state index in [2.05, 4.69) is 22.2 Å². The molecule has 0 aromatic carbocycles. The lowest BCUT2D eigenvalue weighted by atomic mass is 9.67. The largest absolute Gasteiger partial charge is 0.311 e. The maximum absolute atomic E-state index is 4.24. The van der Waals surface area contributed by atoms with E-state index in [0.717, 1.165) is 18.8 Å². The standard InChI is InChI=1S/C12H19N3/c1-2-12(4-3-5-12)10-14-9-11-8-13-6-7-15-11/h6-8,14H,2-5,9-10H2,1H3. The van der Waals surface area contributed by atoms with E-state index in [0.29, 0.717) is 5.41 Å². The van der Waals surface area contributed by atoms with E-state index in [1.54, 1.807) is 12.4 Å². The molecular formula is C12H19N3. The van der Waals surface area contributed by atoms with Gasteiger partial charge in [-0.2, -0.15) is 0 Å². The van der Waals surface area contributed by atoms with Crippen molar-refractivity contribution in [2.45, 2.75) is 39.2 Å². The molecule has 0 amide bonds. The first-order chi connectivity index (χ1) is 7.35. The lowest BCUT2D eigenvalue weighted by Gasteiger charge is -2.41. The molecule has 1 aromatic heterocycles. The summed E-state index contributed by atoms with van der Waals surface area (Å²) in [7, 11) is 0. The summed E-state index contributed by atoms with van der Waals surface area (Å²) in [4.78, 5) is 8.29. The number of nitrogens with zero attached hydrogens (tertiary/aromatic N) is 2. The Balaban J connectivity index is 1.75. The minimum atomic E-state index is 0.586. The molecule has 3 nitrogen and oxygen atoms in total. The van der Waals surface area contributed by atoms with Crippen molar-refractivity contribution < 1.29 is 0 Å².